The van der Waals surface area contributed by atoms with Gasteiger partial charge >= 0.3 is 6.18 Å². The number of amidine groups is 1. The predicted molar refractivity (Wildman–Crippen MR) is 55.3 cm³/mol. The molecule has 0 aromatic heterocycles. The maximum absolute atomic E-state index is 11.8. The summed E-state index contributed by atoms with van der Waals surface area (Å²) in [6.07, 6.45) is -4.23. The summed E-state index contributed by atoms with van der Waals surface area (Å²) in [7, 11) is 0. The van der Waals surface area contributed by atoms with Crippen molar-refractivity contribution in [3.8, 4) is 0 Å². The van der Waals surface area contributed by atoms with Gasteiger partial charge in [0.25, 0.3) is 0 Å². The summed E-state index contributed by atoms with van der Waals surface area (Å²) < 4.78 is 35.3. The Morgan fingerprint density at radius 1 is 1.44 bits per heavy atom. The molecular formula is C9H18F3N3O. The van der Waals surface area contributed by atoms with E-state index in [4.69, 9.17) is 10.9 Å². The lowest BCUT2D eigenvalue weighted by Gasteiger charge is -2.11. The number of halogens is 3. The molecule has 0 fully saturated rings. The van der Waals surface area contributed by atoms with Gasteiger partial charge in [-0.3, -0.25) is 0 Å². The van der Waals surface area contributed by atoms with Crippen LogP contribution in [-0.2, 0) is 0 Å². The molecule has 7 heteroatoms. The zero-order valence-corrected chi connectivity index (χ0v) is 9.22. The molecule has 4 N–H and O–H groups in total. The fourth-order valence-corrected chi connectivity index (χ4v) is 1.10. The monoisotopic (exact) mass is 241 g/mol. The van der Waals surface area contributed by atoms with E-state index in [2.05, 4.69) is 10.5 Å². The summed E-state index contributed by atoms with van der Waals surface area (Å²) in [5.41, 5.74) is 5.33. The summed E-state index contributed by atoms with van der Waals surface area (Å²) in [4.78, 5) is 0. The first-order valence-corrected chi connectivity index (χ1v) is 5.11. The van der Waals surface area contributed by atoms with Crippen LogP contribution in [0.25, 0.3) is 0 Å². The van der Waals surface area contributed by atoms with Crippen LogP contribution in [0.15, 0.2) is 5.16 Å². The van der Waals surface area contributed by atoms with Crippen molar-refractivity contribution in [2.24, 2.45) is 16.8 Å². The molecule has 0 heterocycles. The largest absolute Gasteiger partial charge is 0.409 e. The summed E-state index contributed by atoms with van der Waals surface area (Å²) in [5.74, 6) is -0.0181. The van der Waals surface area contributed by atoms with Crippen LogP contribution in [0.5, 0.6) is 0 Å². The van der Waals surface area contributed by atoms with E-state index in [1.807, 2.05) is 0 Å². The molecule has 0 radical (unpaired) electrons. The SMILES string of the molecule is CC(CNCCCCC(F)(F)F)C(N)=NO. The number of nitrogens with zero attached hydrogens (tertiary/aromatic N) is 1. The van der Waals surface area contributed by atoms with E-state index < -0.39 is 12.6 Å². The van der Waals surface area contributed by atoms with Gasteiger partial charge in [-0.25, -0.2) is 0 Å². The van der Waals surface area contributed by atoms with Crippen LogP contribution in [-0.4, -0.2) is 30.3 Å². The predicted octanol–water partition coefficient (Wildman–Crippen LogP) is 1.69. The fraction of sp³-hybridized carbons (Fsp3) is 0.889. The van der Waals surface area contributed by atoms with Crippen LogP contribution in [0, 0.1) is 5.92 Å². The van der Waals surface area contributed by atoms with E-state index in [0.717, 1.165) is 0 Å². The van der Waals surface area contributed by atoms with Crippen molar-refractivity contribution >= 4 is 5.84 Å². The molecule has 0 aromatic rings. The quantitative estimate of drug-likeness (QED) is 0.209. The molecule has 0 bridgehead atoms. The zero-order chi connectivity index (χ0) is 12.6. The van der Waals surface area contributed by atoms with Gasteiger partial charge in [0.2, 0.25) is 0 Å². The second-order valence-corrected chi connectivity index (χ2v) is 3.70. The number of alkyl halides is 3. The molecule has 0 spiro atoms. The minimum atomic E-state index is -4.07. The van der Waals surface area contributed by atoms with Gasteiger partial charge in [0, 0.05) is 18.9 Å². The van der Waals surface area contributed by atoms with Crippen molar-refractivity contribution in [3.63, 3.8) is 0 Å². The number of oxime groups is 1. The van der Waals surface area contributed by atoms with Crippen LogP contribution in [0.3, 0.4) is 0 Å². The molecule has 0 aromatic carbocycles. The van der Waals surface area contributed by atoms with Crippen LogP contribution < -0.4 is 11.1 Å². The first kappa shape index (κ1) is 15.0. The van der Waals surface area contributed by atoms with Crippen molar-refractivity contribution in [1.29, 1.82) is 0 Å². The Balaban J connectivity index is 3.41. The highest BCUT2D eigenvalue weighted by Gasteiger charge is 2.25. The van der Waals surface area contributed by atoms with E-state index >= 15 is 0 Å². The third-order valence-electron chi connectivity index (χ3n) is 2.13. The molecule has 0 aliphatic rings. The third-order valence-corrected chi connectivity index (χ3v) is 2.13. The second kappa shape index (κ2) is 7.32. The molecule has 4 nitrogen and oxygen atoms in total. The summed E-state index contributed by atoms with van der Waals surface area (Å²) in [6.45, 7) is 2.75. The fourth-order valence-electron chi connectivity index (χ4n) is 1.10. The first-order chi connectivity index (χ1) is 7.37. The van der Waals surface area contributed by atoms with Crippen LogP contribution >= 0.6 is 0 Å². The molecule has 0 amide bonds. The Labute approximate surface area is 92.7 Å². The average Bonchev–Trinajstić information content (AvgIpc) is 2.20. The molecule has 96 valence electrons. The highest BCUT2D eigenvalue weighted by Crippen LogP contribution is 2.21. The zero-order valence-electron chi connectivity index (χ0n) is 9.22. The van der Waals surface area contributed by atoms with E-state index in [1.165, 1.54) is 0 Å². The molecule has 1 unspecified atom stereocenters. The number of rotatable bonds is 7. The van der Waals surface area contributed by atoms with Crippen LogP contribution in [0.4, 0.5) is 13.2 Å². The first-order valence-electron chi connectivity index (χ1n) is 5.11. The minimum Gasteiger partial charge on any atom is -0.409 e. The van der Waals surface area contributed by atoms with Gasteiger partial charge < -0.3 is 16.3 Å². The van der Waals surface area contributed by atoms with Gasteiger partial charge in [0.1, 0.15) is 5.84 Å². The minimum absolute atomic E-state index is 0.114. The Bertz CT molecular complexity index is 219. The van der Waals surface area contributed by atoms with Crippen molar-refractivity contribution in [2.75, 3.05) is 13.1 Å². The van der Waals surface area contributed by atoms with Crippen molar-refractivity contribution in [3.05, 3.63) is 0 Å². The molecular weight excluding hydrogens is 223 g/mol. The number of hydrogen-bond acceptors (Lipinski definition) is 3. The highest BCUT2D eigenvalue weighted by atomic mass is 19.4. The summed E-state index contributed by atoms with van der Waals surface area (Å²) in [6, 6.07) is 0. The van der Waals surface area contributed by atoms with Gasteiger partial charge in [-0.15, -0.1) is 0 Å². The number of hydrogen-bond donors (Lipinski definition) is 3. The van der Waals surface area contributed by atoms with Crippen molar-refractivity contribution in [2.45, 2.75) is 32.4 Å². The number of nitrogens with two attached hydrogens (primary N) is 1. The average molecular weight is 241 g/mol. The molecule has 1 atom stereocenters. The standard InChI is InChI=1S/C9H18F3N3O/c1-7(8(13)15-16)6-14-5-3-2-4-9(10,11)12/h7,14,16H,2-6H2,1H3,(H2,13,15). The smallest absolute Gasteiger partial charge is 0.389 e. The summed E-state index contributed by atoms with van der Waals surface area (Å²) in [5, 5.41) is 14.1. The topological polar surface area (TPSA) is 70.6 Å². The highest BCUT2D eigenvalue weighted by molar-refractivity contribution is 5.82. The van der Waals surface area contributed by atoms with Crippen LogP contribution in [0.2, 0.25) is 0 Å². The molecule has 0 saturated heterocycles. The van der Waals surface area contributed by atoms with Gasteiger partial charge in [-0.2, -0.15) is 13.2 Å². The lowest BCUT2D eigenvalue weighted by molar-refractivity contribution is -0.135. The maximum Gasteiger partial charge on any atom is 0.389 e. The summed E-state index contributed by atoms with van der Waals surface area (Å²) >= 11 is 0. The lowest BCUT2D eigenvalue weighted by atomic mass is 10.1. The Hall–Kier alpha value is -0.980. The van der Waals surface area contributed by atoms with Crippen molar-refractivity contribution in [1.82, 2.24) is 5.32 Å². The van der Waals surface area contributed by atoms with Crippen LogP contribution in [0.1, 0.15) is 26.2 Å². The molecule has 0 aliphatic heterocycles. The van der Waals surface area contributed by atoms with Gasteiger partial charge in [-0.05, 0) is 19.4 Å². The number of unbranched alkanes of at least 4 members (excludes halogenated alkanes) is 1. The second-order valence-electron chi connectivity index (χ2n) is 3.70. The van der Waals surface area contributed by atoms with Gasteiger partial charge in [0.15, 0.2) is 0 Å². The molecule has 0 rings (SSSR count). The maximum atomic E-state index is 11.8. The van der Waals surface area contributed by atoms with E-state index in [-0.39, 0.29) is 18.2 Å². The molecule has 0 saturated carbocycles. The Morgan fingerprint density at radius 2 is 2.06 bits per heavy atom. The third kappa shape index (κ3) is 8.34. The lowest BCUT2D eigenvalue weighted by Crippen LogP contribution is -2.31. The Kier molecular flexibility index (Phi) is 6.87. The molecule has 0 aliphatic carbocycles. The van der Waals surface area contributed by atoms with E-state index in [1.54, 1.807) is 6.92 Å². The van der Waals surface area contributed by atoms with Gasteiger partial charge in [0.05, 0.1) is 0 Å². The normalized spacial score (nSPS) is 15.1. The van der Waals surface area contributed by atoms with Gasteiger partial charge in [-0.1, -0.05) is 12.1 Å². The van der Waals surface area contributed by atoms with E-state index in [0.29, 0.717) is 19.5 Å². The Morgan fingerprint density at radius 3 is 2.56 bits per heavy atom. The van der Waals surface area contributed by atoms with Crippen molar-refractivity contribution < 1.29 is 18.4 Å². The number of nitrogens with one attached hydrogen (secondary N) is 1. The molecule has 16 heavy (non-hydrogen) atoms. The van der Waals surface area contributed by atoms with E-state index in [9.17, 15) is 13.2 Å².